The summed E-state index contributed by atoms with van der Waals surface area (Å²) in [5.41, 5.74) is 1.12. The third-order valence-electron chi connectivity index (χ3n) is 5.12. The number of carboxylic acids is 1. The van der Waals surface area contributed by atoms with Gasteiger partial charge in [0, 0.05) is 22.3 Å². The Morgan fingerprint density at radius 3 is 2.50 bits per heavy atom. The summed E-state index contributed by atoms with van der Waals surface area (Å²) >= 11 is 0. The Morgan fingerprint density at radius 2 is 1.83 bits per heavy atom. The third kappa shape index (κ3) is 3.32. The highest BCUT2D eigenvalue weighted by molar-refractivity contribution is 6.01. The molecule has 0 saturated carbocycles. The van der Waals surface area contributed by atoms with Gasteiger partial charge >= 0.3 is 0 Å². The monoisotopic (exact) mass is 404 g/mol. The summed E-state index contributed by atoms with van der Waals surface area (Å²) < 4.78 is 8.21. The molecule has 4 rings (SSSR count). The van der Waals surface area contributed by atoms with E-state index in [0.29, 0.717) is 12.1 Å². The maximum absolute atomic E-state index is 13.0. The molecule has 0 saturated heterocycles. The van der Waals surface area contributed by atoms with Crippen LogP contribution in [0, 0.1) is 13.8 Å². The Balaban J connectivity index is 1.71. The van der Waals surface area contributed by atoms with Gasteiger partial charge in [0.1, 0.15) is 18.0 Å². The molecule has 30 heavy (non-hydrogen) atoms. The fourth-order valence-corrected chi connectivity index (χ4v) is 3.60. The lowest BCUT2D eigenvalue weighted by Gasteiger charge is -2.11. The maximum atomic E-state index is 13.0. The van der Waals surface area contributed by atoms with E-state index < -0.39 is 11.5 Å². The molecule has 0 aliphatic heterocycles. The van der Waals surface area contributed by atoms with Gasteiger partial charge in [-0.1, -0.05) is 18.2 Å². The van der Waals surface area contributed by atoms with E-state index in [0.717, 1.165) is 21.8 Å². The van der Waals surface area contributed by atoms with Crippen molar-refractivity contribution in [1.29, 1.82) is 0 Å². The van der Waals surface area contributed by atoms with Crippen LogP contribution in [0.1, 0.15) is 38.0 Å². The Morgan fingerprint density at radius 1 is 1.10 bits per heavy atom. The minimum absolute atomic E-state index is 0.169. The van der Waals surface area contributed by atoms with E-state index in [1.165, 1.54) is 12.1 Å². The van der Waals surface area contributed by atoms with Gasteiger partial charge in [-0.05, 0) is 38.1 Å². The van der Waals surface area contributed by atoms with Crippen LogP contribution in [0.25, 0.3) is 10.8 Å². The molecule has 152 valence electrons. The minimum atomic E-state index is -1.51. The predicted octanol–water partition coefficient (Wildman–Crippen LogP) is 1.70. The van der Waals surface area contributed by atoms with Crippen LogP contribution in [-0.4, -0.2) is 26.1 Å². The first-order chi connectivity index (χ1) is 14.4. The van der Waals surface area contributed by atoms with Crippen LogP contribution in [0.2, 0.25) is 0 Å². The second-order valence-corrected chi connectivity index (χ2v) is 7.02. The van der Waals surface area contributed by atoms with Crippen molar-refractivity contribution < 1.29 is 19.1 Å². The first kappa shape index (κ1) is 19.4. The van der Waals surface area contributed by atoms with Crippen LogP contribution in [0.4, 0.5) is 0 Å². The lowest BCUT2D eigenvalue weighted by molar-refractivity contribution is -0.255. The molecule has 4 aromatic rings. The summed E-state index contributed by atoms with van der Waals surface area (Å²) in [6.45, 7) is 3.78. The van der Waals surface area contributed by atoms with Crippen molar-refractivity contribution in [3.63, 3.8) is 0 Å². The topological polar surface area (TPSA) is 110 Å². The Bertz CT molecular complexity index is 1330. The molecular formula is C22H18N3O5-. The van der Waals surface area contributed by atoms with E-state index >= 15 is 0 Å². The van der Waals surface area contributed by atoms with Crippen LogP contribution >= 0.6 is 0 Å². The van der Waals surface area contributed by atoms with Crippen LogP contribution in [0.15, 0.2) is 57.9 Å². The number of aromatic carboxylic acids is 1. The number of carboxylic acid groups (broad SMARTS) is 1. The number of Topliss-reactive ketones (excluding diaryl/α,β-unsaturated/α-hetero) is 1. The average molecular weight is 404 g/mol. The summed E-state index contributed by atoms with van der Waals surface area (Å²) in [6.07, 6.45) is 1.59. The number of benzene rings is 1. The molecule has 8 nitrogen and oxygen atoms in total. The van der Waals surface area contributed by atoms with Gasteiger partial charge in [-0.25, -0.2) is 4.68 Å². The molecule has 0 unspecified atom stereocenters. The van der Waals surface area contributed by atoms with E-state index in [1.807, 2.05) is 24.5 Å². The Hall–Kier alpha value is -3.94. The van der Waals surface area contributed by atoms with Gasteiger partial charge < -0.3 is 18.9 Å². The number of carbonyl (C=O) groups excluding carboxylic acids is 2. The van der Waals surface area contributed by atoms with Crippen molar-refractivity contribution in [2.75, 3.05) is 0 Å². The summed E-state index contributed by atoms with van der Waals surface area (Å²) in [7, 11) is 0. The van der Waals surface area contributed by atoms with Crippen molar-refractivity contribution in [3.8, 4) is 0 Å². The van der Waals surface area contributed by atoms with E-state index in [-0.39, 0.29) is 28.8 Å². The molecule has 0 amide bonds. The number of ketones is 1. The van der Waals surface area contributed by atoms with Gasteiger partial charge in [0.25, 0.3) is 5.56 Å². The van der Waals surface area contributed by atoms with E-state index in [4.69, 9.17) is 4.42 Å². The van der Waals surface area contributed by atoms with Gasteiger partial charge in [0.2, 0.25) is 0 Å². The van der Waals surface area contributed by atoms with Gasteiger partial charge in [-0.2, -0.15) is 5.10 Å². The van der Waals surface area contributed by atoms with Crippen molar-refractivity contribution >= 4 is 22.5 Å². The van der Waals surface area contributed by atoms with Crippen molar-refractivity contribution in [3.05, 3.63) is 87.5 Å². The number of nitrogens with zero attached hydrogens (tertiary/aromatic N) is 3. The molecule has 8 heteroatoms. The lowest BCUT2D eigenvalue weighted by Crippen LogP contribution is -2.32. The second-order valence-electron chi connectivity index (χ2n) is 7.02. The fraction of sp³-hybridized carbons (Fsp3) is 0.182. The highest BCUT2D eigenvalue weighted by Gasteiger charge is 2.19. The van der Waals surface area contributed by atoms with Gasteiger partial charge in [-0.3, -0.25) is 9.59 Å². The van der Waals surface area contributed by atoms with E-state index in [9.17, 15) is 19.5 Å². The van der Waals surface area contributed by atoms with Gasteiger partial charge in [0.05, 0.1) is 24.2 Å². The van der Waals surface area contributed by atoms with Crippen molar-refractivity contribution in [2.45, 2.75) is 26.9 Å². The Labute approximate surface area is 171 Å². The largest absolute Gasteiger partial charge is 0.543 e. The zero-order chi connectivity index (χ0) is 21.4. The molecule has 0 aliphatic rings. The molecule has 0 fully saturated rings. The quantitative estimate of drug-likeness (QED) is 0.453. The smallest absolute Gasteiger partial charge is 0.275 e. The normalized spacial score (nSPS) is 11.1. The number of fused-ring (bicyclic) bond motifs is 1. The first-order valence-corrected chi connectivity index (χ1v) is 9.30. The predicted molar refractivity (Wildman–Crippen MR) is 106 cm³/mol. The molecule has 0 spiro atoms. The van der Waals surface area contributed by atoms with E-state index in [2.05, 4.69) is 5.10 Å². The maximum Gasteiger partial charge on any atom is 0.275 e. The van der Waals surface area contributed by atoms with Crippen molar-refractivity contribution in [1.82, 2.24) is 14.3 Å². The molecule has 0 aliphatic carbocycles. The number of carbonyl (C=O) groups is 2. The van der Waals surface area contributed by atoms with Crippen LogP contribution < -0.4 is 10.7 Å². The standard InChI is InChI=1S/C22H19N3O5/c1-13-10-18(14(2)24(13)11-15-6-5-9-30-15)19(26)12-25-21(27)17-8-4-3-7-16(17)20(23-25)22(28)29/h3-10H,11-12H2,1-2H3,(H,28,29)/p-1. The number of hydrogen-bond donors (Lipinski definition) is 0. The zero-order valence-electron chi connectivity index (χ0n) is 16.4. The number of hydrogen-bond acceptors (Lipinski definition) is 6. The molecule has 0 radical (unpaired) electrons. The first-order valence-electron chi connectivity index (χ1n) is 9.30. The number of aryl methyl sites for hydroxylation is 1. The van der Waals surface area contributed by atoms with Crippen molar-refractivity contribution in [2.24, 2.45) is 0 Å². The summed E-state index contributed by atoms with van der Waals surface area (Å²) in [6, 6.07) is 11.6. The van der Waals surface area contributed by atoms with Gasteiger partial charge in [-0.15, -0.1) is 0 Å². The fourth-order valence-electron chi connectivity index (χ4n) is 3.60. The zero-order valence-corrected chi connectivity index (χ0v) is 16.4. The third-order valence-corrected chi connectivity index (χ3v) is 5.12. The number of furan rings is 1. The number of rotatable bonds is 6. The van der Waals surface area contributed by atoms with Crippen LogP contribution in [-0.2, 0) is 13.1 Å². The molecule has 3 heterocycles. The highest BCUT2D eigenvalue weighted by Crippen LogP contribution is 2.19. The molecular weight excluding hydrogens is 386 g/mol. The Kier molecular flexibility index (Phi) is 4.83. The summed E-state index contributed by atoms with van der Waals surface area (Å²) in [4.78, 5) is 37.2. The number of aromatic nitrogens is 3. The summed E-state index contributed by atoms with van der Waals surface area (Å²) in [5, 5.41) is 15.7. The van der Waals surface area contributed by atoms with E-state index in [1.54, 1.807) is 30.5 Å². The lowest BCUT2D eigenvalue weighted by atomic mass is 10.1. The van der Waals surface area contributed by atoms with Crippen LogP contribution in [0.3, 0.4) is 0 Å². The SMILES string of the molecule is Cc1cc(C(=O)Cn2nc(C(=O)[O-])c3ccccc3c2=O)c(C)n1Cc1ccco1. The molecule has 0 atom stereocenters. The highest BCUT2D eigenvalue weighted by atomic mass is 16.4. The van der Waals surface area contributed by atoms with Crippen LogP contribution in [0.5, 0.6) is 0 Å². The summed E-state index contributed by atoms with van der Waals surface area (Å²) in [5.74, 6) is -1.10. The molecule has 0 N–H and O–H groups in total. The minimum Gasteiger partial charge on any atom is -0.543 e. The second kappa shape index (κ2) is 7.47. The molecule has 1 aromatic carbocycles. The molecule has 0 bridgehead atoms. The molecule has 3 aromatic heterocycles. The van der Waals surface area contributed by atoms with Gasteiger partial charge in [0.15, 0.2) is 5.78 Å². The average Bonchev–Trinajstić information content (AvgIpc) is 3.33.